The molecule has 1 saturated heterocycles. The summed E-state index contributed by atoms with van der Waals surface area (Å²) in [5.41, 5.74) is 1.47. The van der Waals surface area contributed by atoms with E-state index in [9.17, 15) is 5.11 Å². The van der Waals surface area contributed by atoms with Crippen molar-refractivity contribution in [2.45, 2.75) is 45.3 Å². The van der Waals surface area contributed by atoms with Crippen LogP contribution in [0.1, 0.15) is 48.7 Å². The normalized spacial score (nSPS) is 20.0. The molecule has 1 aliphatic heterocycles. The maximum absolute atomic E-state index is 11.0. The summed E-state index contributed by atoms with van der Waals surface area (Å²) >= 11 is 0. The lowest BCUT2D eigenvalue weighted by Gasteiger charge is -2.40. The van der Waals surface area contributed by atoms with Gasteiger partial charge in [-0.05, 0) is 37.8 Å². The van der Waals surface area contributed by atoms with Crippen LogP contribution in [0.15, 0.2) is 28.7 Å². The third kappa shape index (κ3) is 2.78. The van der Waals surface area contributed by atoms with Gasteiger partial charge in [-0.3, -0.25) is 4.90 Å². The maximum atomic E-state index is 11.0. The lowest BCUT2D eigenvalue weighted by molar-refractivity contribution is -0.0372. The molecule has 1 fully saturated rings. The molecule has 2 aromatic rings. The van der Waals surface area contributed by atoms with E-state index in [1.807, 2.05) is 18.2 Å². The van der Waals surface area contributed by atoms with E-state index in [1.165, 1.54) is 0 Å². The number of aryl methyl sites for hydroxylation is 2. The van der Waals surface area contributed by atoms with E-state index in [4.69, 9.17) is 4.42 Å². The lowest BCUT2D eigenvalue weighted by Crippen LogP contribution is -2.43. The van der Waals surface area contributed by atoms with Gasteiger partial charge in [-0.2, -0.15) is 0 Å². The molecule has 5 nitrogen and oxygen atoms in total. The molecule has 1 aromatic carbocycles. The fourth-order valence-electron chi connectivity index (χ4n) is 3.28. The molecule has 5 heteroatoms. The molecular weight excluding hydrogens is 278 g/mol. The van der Waals surface area contributed by atoms with E-state index in [0.717, 1.165) is 37.1 Å². The highest BCUT2D eigenvalue weighted by Gasteiger charge is 2.37. The van der Waals surface area contributed by atoms with E-state index in [-0.39, 0.29) is 6.04 Å². The van der Waals surface area contributed by atoms with E-state index in [1.54, 1.807) is 6.92 Å². The fourth-order valence-corrected chi connectivity index (χ4v) is 3.28. The van der Waals surface area contributed by atoms with Gasteiger partial charge in [-0.25, -0.2) is 0 Å². The highest BCUT2D eigenvalue weighted by molar-refractivity contribution is 5.31. The first kappa shape index (κ1) is 15.2. The molecule has 0 aliphatic carbocycles. The van der Waals surface area contributed by atoms with Crippen molar-refractivity contribution in [3.8, 4) is 0 Å². The molecule has 0 amide bonds. The van der Waals surface area contributed by atoms with E-state index < -0.39 is 5.60 Å². The van der Waals surface area contributed by atoms with Crippen LogP contribution in [0.25, 0.3) is 0 Å². The Kier molecular flexibility index (Phi) is 4.02. The summed E-state index contributed by atoms with van der Waals surface area (Å²) in [5, 5.41) is 19.0. The van der Waals surface area contributed by atoms with Gasteiger partial charge in [0, 0.05) is 20.0 Å². The highest BCUT2D eigenvalue weighted by atomic mass is 16.4. The predicted molar refractivity (Wildman–Crippen MR) is 83.3 cm³/mol. The molecule has 0 radical (unpaired) electrons. The summed E-state index contributed by atoms with van der Waals surface area (Å²) in [6.45, 7) is 7.56. The molecule has 118 valence electrons. The van der Waals surface area contributed by atoms with Crippen molar-refractivity contribution in [3.63, 3.8) is 0 Å². The van der Waals surface area contributed by atoms with Crippen LogP contribution in [0, 0.1) is 13.8 Å². The Morgan fingerprint density at radius 3 is 2.45 bits per heavy atom. The SMILES string of the molecule is Cc1nnc(C(C)N2CCC(O)(c3ccccc3C)CC2)o1. The van der Waals surface area contributed by atoms with Crippen molar-refractivity contribution in [1.82, 2.24) is 15.1 Å². The Morgan fingerprint density at radius 2 is 1.86 bits per heavy atom. The highest BCUT2D eigenvalue weighted by Crippen LogP contribution is 2.36. The van der Waals surface area contributed by atoms with Crippen LogP contribution in [0.4, 0.5) is 0 Å². The third-order valence-corrected chi connectivity index (χ3v) is 4.72. The van der Waals surface area contributed by atoms with E-state index in [2.05, 4.69) is 35.0 Å². The molecule has 0 bridgehead atoms. The van der Waals surface area contributed by atoms with Crippen LogP contribution in [0.2, 0.25) is 0 Å². The lowest BCUT2D eigenvalue weighted by atomic mass is 9.82. The Labute approximate surface area is 131 Å². The van der Waals surface area contributed by atoms with Crippen LogP contribution in [0.3, 0.4) is 0 Å². The first-order valence-electron chi connectivity index (χ1n) is 7.82. The fraction of sp³-hybridized carbons (Fsp3) is 0.529. The zero-order valence-corrected chi connectivity index (χ0v) is 13.4. The van der Waals surface area contributed by atoms with Crippen LogP contribution < -0.4 is 0 Å². The monoisotopic (exact) mass is 301 g/mol. The Morgan fingerprint density at radius 1 is 1.18 bits per heavy atom. The van der Waals surface area contributed by atoms with Gasteiger partial charge in [0.15, 0.2) is 0 Å². The first-order valence-corrected chi connectivity index (χ1v) is 7.82. The quantitative estimate of drug-likeness (QED) is 0.944. The predicted octanol–water partition coefficient (Wildman–Crippen LogP) is 2.73. The summed E-state index contributed by atoms with van der Waals surface area (Å²) < 4.78 is 5.53. The first-order chi connectivity index (χ1) is 10.5. The van der Waals surface area contributed by atoms with E-state index in [0.29, 0.717) is 11.8 Å². The van der Waals surface area contributed by atoms with Gasteiger partial charge >= 0.3 is 0 Å². The summed E-state index contributed by atoms with van der Waals surface area (Å²) in [5.74, 6) is 1.24. The molecule has 1 N–H and O–H groups in total. The zero-order chi connectivity index (χ0) is 15.7. The van der Waals surface area contributed by atoms with Crippen LogP contribution in [-0.2, 0) is 5.60 Å². The average molecular weight is 301 g/mol. The van der Waals surface area contributed by atoms with Gasteiger partial charge in [0.2, 0.25) is 11.8 Å². The molecule has 1 atom stereocenters. The minimum atomic E-state index is -0.730. The van der Waals surface area contributed by atoms with Gasteiger partial charge in [-0.1, -0.05) is 24.3 Å². The molecule has 22 heavy (non-hydrogen) atoms. The molecule has 1 aromatic heterocycles. The molecule has 1 aliphatic rings. The van der Waals surface area contributed by atoms with Crippen molar-refractivity contribution >= 4 is 0 Å². The van der Waals surface area contributed by atoms with Gasteiger partial charge in [0.25, 0.3) is 0 Å². The summed E-state index contributed by atoms with van der Waals surface area (Å²) in [4.78, 5) is 2.29. The second-order valence-electron chi connectivity index (χ2n) is 6.22. The number of benzene rings is 1. The molecule has 0 spiro atoms. The van der Waals surface area contributed by atoms with Crippen LogP contribution >= 0.6 is 0 Å². The number of aromatic nitrogens is 2. The molecule has 3 rings (SSSR count). The van der Waals surface area contributed by atoms with Crippen LogP contribution in [0.5, 0.6) is 0 Å². The van der Waals surface area contributed by atoms with Crippen molar-refractivity contribution in [2.24, 2.45) is 0 Å². The molecule has 1 unspecified atom stereocenters. The molecule has 2 heterocycles. The number of aliphatic hydroxyl groups is 1. The van der Waals surface area contributed by atoms with Gasteiger partial charge in [0.1, 0.15) is 0 Å². The largest absolute Gasteiger partial charge is 0.424 e. The van der Waals surface area contributed by atoms with Crippen molar-refractivity contribution in [1.29, 1.82) is 0 Å². The smallest absolute Gasteiger partial charge is 0.233 e. The van der Waals surface area contributed by atoms with Crippen molar-refractivity contribution in [2.75, 3.05) is 13.1 Å². The molecular formula is C17H23N3O2. The third-order valence-electron chi connectivity index (χ3n) is 4.72. The Balaban J connectivity index is 1.71. The van der Waals surface area contributed by atoms with Gasteiger partial charge < -0.3 is 9.52 Å². The molecule has 0 saturated carbocycles. The Bertz CT molecular complexity index is 645. The van der Waals surface area contributed by atoms with Crippen LogP contribution in [-0.4, -0.2) is 33.3 Å². The minimum Gasteiger partial charge on any atom is -0.424 e. The number of piperidine rings is 1. The average Bonchev–Trinajstić information content (AvgIpc) is 2.94. The second kappa shape index (κ2) is 5.82. The van der Waals surface area contributed by atoms with Crippen molar-refractivity contribution in [3.05, 3.63) is 47.2 Å². The number of likely N-dealkylation sites (tertiary alicyclic amines) is 1. The Hall–Kier alpha value is -1.72. The maximum Gasteiger partial charge on any atom is 0.233 e. The standard InChI is InChI=1S/C17H23N3O2/c1-12-6-4-5-7-15(12)17(21)8-10-20(11-9-17)13(2)16-19-18-14(3)22-16/h4-7,13,21H,8-11H2,1-3H3. The number of hydrogen-bond acceptors (Lipinski definition) is 5. The van der Waals surface area contributed by atoms with Crippen molar-refractivity contribution < 1.29 is 9.52 Å². The number of hydrogen-bond donors (Lipinski definition) is 1. The van der Waals surface area contributed by atoms with Gasteiger partial charge in [-0.15, -0.1) is 10.2 Å². The van der Waals surface area contributed by atoms with E-state index >= 15 is 0 Å². The number of rotatable bonds is 3. The summed E-state index contributed by atoms with van der Waals surface area (Å²) in [7, 11) is 0. The minimum absolute atomic E-state index is 0.0858. The van der Waals surface area contributed by atoms with Gasteiger partial charge in [0.05, 0.1) is 11.6 Å². The zero-order valence-electron chi connectivity index (χ0n) is 13.4. The summed E-state index contributed by atoms with van der Waals surface area (Å²) in [6.07, 6.45) is 1.44. The number of nitrogens with zero attached hydrogens (tertiary/aromatic N) is 3. The topological polar surface area (TPSA) is 62.4 Å². The summed E-state index contributed by atoms with van der Waals surface area (Å²) in [6, 6.07) is 8.19. The second-order valence-corrected chi connectivity index (χ2v) is 6.22.